The van der Waals surface area contributed by atoms with Crippen LogP contribution in [0, 0.1) is 0 Å². The molecule has 0 aromatic heterocycles. The van der Waals surface area contributed by atoms with Crippen molar-refractivity contribution in [3.8, 4) is 0 Å². The van der Waals surface area contributed by atoms with Gasteiger partial charge in [-0.1, -0.05) is 17.2 Å². The predicted molar refractivity (Wildman–Crippen MR) is 102 cm³/mol. The number of hydrogen-bond donors (Lipinski definition) is 0. The van der Waals surface area contributed by atoms with Crippen LogP contribution in [0.3, 0.4) is 0 Å². The van der Waals surface area contributed by atoms with Crippen molar-refractivity contribution in [2.75, 3.05) is 6.61 Å². The molecular weight excluding hydrogens is 328 g/mol. The maximum absolute atomic E-state index is 11.5. The number of hydrogen-bond acceptors (Lipinski definition) is 4. The summed E-state index contributed by atoms with van der Waals surface area (Å²) in [5.74, 6) is -0.236. The van der Waals surface area contributed by atoms with Gasteiger partial charge in [-0.3, -0.25) is 4.79 Å². The second-order valence-electron chi connectivity index (χ2n) is 8.37. The number of fused-ring (bicyclic) bond motifs is 2. The van der Waals surface area contributed by atoms with E-state index in [1.54, 1.807) is 0 Å². The minimum Gasteiger partial charge on any atom is -0.458 e. The van der Waals surface area contributed by atoms with Gasteiger partial charge in [0, 0.05) is 13.3 Å². The third-order valence-electron chi connectivity index (χ3n) is 5.84. The summed E-state index contributed by atoms with van der Waals surface area (Å²) in [7, 11) is 0. The molecular formula is C22H32O4. The lowest BCUT2D eigenvalue weighted by Crippen LogP contribution is -2.17. The van der Waals surface area contributed by atoms with E-state index in [2.05, 4.69) is 39.8 Å². The Labute approximate surface area is 157 Å². The zero-order chi connectivity index (χ0) is 18.9. The monoisotopic (exact) mass is 360 g/mol. The average molecular weight is 360 g/mol. The molecule has 4 heteroatoms. The Kier molecular flexibility index (Phi) is 5.73. The maximum Gasteiger partial charge on any atom is 0.303 e. The minimum absolute atomic E-state index is 0.00113. The molecule has 0 bridgehead atoms. The highest BCUT2D eigenvalue weighted by Gasteiger charge is 2.51. The number of allylic oxidation sites excluding steroid dienone is 1. The zero-order valence-electron chi connectivity index (χ0n) is 16.8. The van der Waals surface area contributed by atoms with Crippen LogP contribution in [0.1, 0.15) is 66.7 Å². The molecule has 2 aliphatic heterocycles. The van der Waals surface area contributed by atoms with Gasteiger partial charge >= 0.3 is 5.97 Å². The molecule has 3 aliphatic rings. The fourth-order valence-corrected chi connectivity index (χ4v) is 4.16. The quantitative estimate of drug-likeness (QED) is 0.388. The number of esters is 1. The van der Waals surface area contributed by atoms with Gasteiger partial charge in [-0.2, -0.15) is 0 Å². The van der Waals surface area contributed by atoms with E-state index in [0.717, 1.165) is 25.7 Å². The maximum atomic E-state index is 11.5. The Morgan fingerprint density at radius 1 is 1.19 bits per heavy atom. The standard InChI is InChI=1S/C22H32O4/c1-14-6-7-21-22(5,26-21)9-8-19-16(3)13-24-20(19)12-15(2)11-18(10-14)25-17(4)23/h10,12,18,20-21H,6-9,11,13H2,1-5H3. The highest BCUT2D eigenvalue weighted by atomic mass is 16.6. The first-order valence-corrected chi connectivity index (χ1v) is 9.76. The van der Waals surface area contributed by atoms with Crippen molar-refractivity contribution in [1.29, 1.82) is 0 Å². The van der Waals surface area contributed by atoms with Crippen LogP contribution in [-0.2, 0) is 19.0 Å². The van der Waals surface area contributed by atoms with Crippen molar-refractivity contribution in [2.24, 2.45) is 0 Å². The van der Waals surface area contributed by atoms with Gasteiger partial charge in [0.05, 0.1) is 24.4 Å². The SMILES string of the molecule is CC(=O)OC1C=C(C)CCC2OC2(C)CCC2=C(C)COC2C=C(C)C1. The summed E-state index contributed by atoms with van der Waals surface area (Å²) in [4.78, 5) is 11.5. The fraction of sp³-hybridized carbons (Fsp3) is 0.682. The van der Waals surface area contributed by atoms with Crippen LogP contribution < -0.4 is 0 Å². The molecule has 0 saturated carbocycles. The van der Waals surface area contributed by atoms with Gasteiger partial charge in [0.25, 0.3) is 0 Å². The van der Waals surface area contributed by atoms with Crippen LogP contribution in [0.15, 0.2) is 34.4 Å². The molecule has 1 aliphatic carbocycles. The Hall–Kier alpha value is -1.39. The van der Waals surface area contributed by atoms with Crippen molar-refractivity contribution >= 4 is 5.97 Å². The van der Waals surface area contributed by atoms with E-state index in [-0.39, 0.29) is 23.8 Å². The average Bonchev–Trinajstić information content (AvgIpc) is 3.06. The molecule has 2 heterocycles. The molecule has 0 spiro atoms. The van der Waals surface area contributed by atoms with Crippen LogP contribution >= 0.6 is 0 Å². The van der Waals surface area contributed by atoms with E-state index in [9.17, 15) is 4.79 Å². The molecule has 0 amide bonds. The van der Waals surface area contributed by atoms with Gasteiger partial charge in [0.15, 0.2) is 0 Å². The number of epoxide rings is 1. The van der Waals surface area contributed by atoms with Gasteiger partial charge in [-0.25, -0.2) is 0 Å². The van der Waals surface area contributed by atoms with Crippen LogP contribution in [0.4, 0.5) is 0 Å². The normalized spacial score (nSPS) is 35.7. The molecule has 0 aromatic carbocycles. The fourth-order valence-electron chi connectivity index (χ4n) is 4.16. The largest absolute Gasteiger partial charge is 0.458 e. The second-order valence-corrected chi connectivity index (χ2v) is 8.37. The van der Waals surface area contributed by atoms with Crippen LogP contribution in [-0.4, -0.2) is 36.5 Å². The zero-order valence-corrected chi connectivity index (χ0v) is 16.8. The van der Waals surface area contributed by atoms with Gasteiger partial charge in [0.1, 0.15) is 6.10 Å². The smallest absolute Gasteiger partial charge is 0.303 e. The van der Waals surface area contributed by atoms with Crippen molar-refractivity contribution in [3.63, 3.8) is 0 Å². The molecule has 4 nitrogen and oxygen atoms in total. The van der Waals surface area contributed by atoms with Crippen LogP contribution in [0.5, 0.6) is 0 Å². The number of ether oxygens (including phenoxy) is 3. The van der Waals surface area contributed by atoms with E-state index >= 15 is 0 Å². The second kappa shape index (κ2) is 7.69. The molecule has 0 aromatic rings. The molecule has 26 heavy (non-hydrogen) atoms. The van der Waals surface area contributed by atoms with Crippen molar-refractivity contribution in [2.45, 2.75) is 90.6 Å². The van der Waals surface area contributed by atoms with E-state index in [0.29, 0.717) is 19.1 Å². The topological polar surface area (TPSA) is 48.1 Å². The van der Waals surface area contributed by atoms with E-state index in [1.165, 1.54) is 29.2 Å². The summed E-state index contributed by atoms with van der Waals surface area (Å²) < 4.78 is 17.6. The Balaban J connectivity index is 1.84. The molecule has 4 unspecified atom stereocenters. The van der Waals surface area contributed by atoms with Crippen molar-refractivity contribution < 1.29 is 19.0 Å². The number of rotatable bonds is 1. The highest BCUT2D eigenvalue weighted by Crippen LogP contribution is 2.45. The summed E-state index contributed by atoms with van der Waals surface area (Å²) in [6, 6.07) is 0. The van der Waals surface area contributed by atoms with Crippen LogP contribution in [0.25, 0.3) is 0 Å². The minimum atomic E-state index is -0.236. The lowest BCUT2D eigenvalue weighted by molar-refractivity contribution is -0.144. The Bertz CT molecular complexity index is 657. The first kappa shape index (κ1) is 19.4. The van der Waals surface area contributed by atoms with Gasteiger partial charge < -0.3 is 14.2 Å². The van der Waals surface area contributed by atoms with Crippen molar-refractivity contribution in [3.05, 3.63) is 34.4 Å². The van der Waals surface area contributed by atoms with E-state index < -0.39 is 0 Å². The first-order chi connectivity index (χ1) is 12.3. The third-order valence-corrected chi connectivity index (χ3v) is 5.84. The highest BCUT2D eigenvalue weighted by molar-refractivity contribution is 5.66. The molecule has 4 atom stereocenters. The molecule has 3 rings (SSSR count). The van der Waals surface area contributed by atoms with Gasteiger partial charge in [0.2, 0.25) is 0 Å². The van der Waals surface area contributed by atoms with Crippen molar-refractivity contribution in [1.82, 2.24) is 0 Å². The first-order valence-electron chi connectivity index (χ1n) is 9.76. The van der Waals surface area contributed by atoms with Gasteiger partial charge in [-0.05, 0) is 70.6 Å². The van der Waals surface area contributed by atoms with Crippen LogP contribution in [0.2, 0.25) is 0 Å². The summed E-state index contributed by atoms with van der Waals surface area (Å²) >= 11 is 0. The lowest BCUT2D eigenvalue weighted by atomic mass is 9.90. The third kappa shape index (κ3) is 4.66. The summed E-state index contributed by atoms with van der Waals surface area (Å²) in [6.07, 6.45) is 9.25. The molecule has 0 N–H and O–H groups in total. The molecule has 0 radical (unpaired) electrons. The molecule has 144 valence electrons. The van der Waals surface area contributed by atoms with E-state index in [4.69, 9.17) is 14.2 Å². The number of carbonyl (C=O) groups is 1. The summed E-state index contributed by atoms with van der Waals surface area (Å²) in [5.41, 5.74) is 5.19. The Morgan fingerprint density at radius 2 is 1.96 bits per heavy atom. The predicted octanol–water partition coefficient (Wildman–Crippen LogP) is 4.65. The Morgan fingerprint density at radius 3 is 2.69 bits per heavy atom. The van der Waals surface area contributed by atoms with Gasteiger partial charge in [-0.15, -0.1) is 0 Å². The summed E-state index contributed by atoms with van der Waals surface area (Å²) in [5, 5.41) is 0. The lowest BCUT2D eigenvalue weighted by Gasteiger charge is -2.18. The van der Waals surface area contributed by atoms with E-state index in [1.807, 2.05) is 0 Å². The number of carbonyl (C=O) groups excluding carboxylic acids is 1. The summed E-state index contributed by atoms with van der Waals surface area (Å²) in [6.45, 7) is 10.8. The molecule has 1 saturated heterocycles. The molecule has 1 fully saturated rings.